The van der Waals surface area contributed by atoms with Gasteiger partial charge in [-0.3, -0.25) is 0 Å². The highest BCUT2D eigenvalue weighted by atomic mass is 16.5. The normalized spacial score (nSPS) is 24.3. The van der Waals surface area contributed by atoms with E-state index in [1.807, 2.05) is 12.1 Å². The van der Waals surface area contributed by atoms with Crippen LogP contribution in [0.3, 0.4) is 0 Å². The van der Waals surface area contributed by atoms with E-state index in [1.165, 1.54) is 88.2 Å². The van der Waals surface area contributed by atoms with E-state index in [-0.39, 0.29) is 12.1 Å². The fourth-order valence-corrected chi connectivity index (χ4v) is 5.17. The van der Waals surface area contributed by atoms with Gasteiger partial charge in [0, 0.05) is 0 Å². The standard InChI is InChI=1S/C28H42O2/c1-3-5-7-9-23-12-20-27(21-13-23)30-28(29)26-18-16-25(17-19-26)24-14-10-22(11-15-24)8-6-4-2/h14,16-19,22-23,27H,3-13,15,20-21H2,1-2H3. The lowest BCUT2D eigenvalue weighted by molar-refractivity contribution is 0.0161. The average Bonchev–Trinajstić information content (AvgIpc) is 2.79. The number of rotatable bonds is 10. The molecule has 0 aliphatic heterocycles. The van der Waals surface area contributed by atoms with Gasteiger partial charge in [-0.2, -0.15) is 0 Å². The quantitative estimate of drug-likeness (QED) is 0.286. The van der Waals surface area contributed by atoms with Crippen molar-refractivity contribution in [2.45, 2.75) is 110 Å². The molecule has 2 aliphatic carbocycles. The Balaban J connectivity index is 1.44. The van der Waals surface area contributed by atoms with Crippen molar-refractivity contribution >= 4 is 11.5 Å². The molecule has 0 amide bonds. The molecule has 1 aromatic rings. The molecule has 1 atom stereocenters. The van der Waals surface area contributed by atoms with Gasteiger partial charge in [-0.1, -0.05) is 77.0 Å². The smallest absolute Gasteiger partial charge is 0.338 e. The molecular weight excluding hydrogens is 368 g/mol. The van der Waals surface area contributed by atoms with Crippen molar-refractivity contribution in [1.82, 2.24) is 0 Å². The van der Waals surface area contributed by atoms with E-state index < -0.39 is 0 Å². The molecule has 0 aromatic heterocycles. The first-order chi connectivity index (χ1) is 14.7. The second-order valence-corrected chi connectivity index (χ2v) is 9.63. The zero-order valence-corrected chi connectivity index (χ0v) is 19.3. The predicted molar refractivity (Wildman–Crippen MR) is 127 cm³/mol. The third kappa shape index (κ3) is 7.00. The van der Waals surface area contributed by atoms with Crippen LogP contribution in [0, 0.1) is 11.8 Å². The molecule has 3 rings (SSSR count). The zero-order chi connectivity index (χ0) is 21.2. The number of unbranched alkanes of at least 4 members (excludes halogenated alkanes) is 3. The number of ether oxygens (including phenoxy) is 1. The van der Waals surface area contributed by atoms with Crippen molar-refractivity contribution in [3.05, 3.63) is 41.5 Å². The van der Waals surface area contributed by atoms with Gasteiger partial charge in [-0.15, -0.1) is 0 Å². The first-order valence-corrected chi connectivity index (χ1v) is 12.7. The van der Waals surface area contributed by atoms with Crippen LogP contribution in [0.25, 0.3) is 5.57 Å². The highest BCUT2D eigenvalue weighted by molar-refractivity contribution is 5.90. The second kappa shape index (κ2) is 12.3. The van der Waals surface area contributed by atoms with Gasteiger partial charge >= 0.3 is 5.97 Å². The van der Waals surface area contributed by atoms with E-state index in [0.717, 1.165) is 24.7 Å². The maximum absolute atomic E-state index is 12.6. The van der Waals surface area contributed by atoms with Crippen molar-refractivity contribution in [2.75, 3.05) is 0 Å². The van der Waals surface area contributed by atoms with Crippen LogP contribution in [-0.2, 0) is 4.74 Å². The molecule has 0 bridgehead atoms. The number of hydrogen-bond donors (Lipinski definition) is 0. The van der Waals surface area contributed by atoms with Crippen LogP contribution >= 0.6 is 0 Å². The molecule has 2 aliphatic rings. The van der Waals surface area contributed by atoms with Gasteiger partial charge in [0.25, 0.3) is 0 Å². The SMILES string of the molecule is CCCCCC1CCC(OC(=O)c2ccc(C3=CCC(CCCC)CC3)cc2)CC1. The summed E-state index contributed by atoms with van der Waals surface area (Å²) in [5, 5.41) is 0. The fourth-order valence-electron chi connectivity index (χ4n) is 5.17. The molecule has 1 fully saturated rings. The van der Waals surface area contributed by atoms with E-state index in [4.69, 9.17) is 4.74 Å². The molecule has 0 spiro atoms. The molecule has 2 heteroatoms. The van der Waals surface area contributed by atoms with Crippen LogP contribution in [0.4, 0.5) is 0 Å². The largest absolute Gasteiger partial charge is 0.459 e. The third-order valence-electron chi connectivity index (χ3n) is 7.26. The summed E-state index contributed by atoms with van der Waals surface area (Å²) < 4.78 is 5.83. The Morgan fingerprint density at radius 1 is 0.867 bits per heavy atom. The molecule has 2 nitrogen and oxygen atoms in total. The van der Waals surface area contributed by atoms with Crippen LogP contribution in [0.5, 0.6) is 0 Å². The first kappa shape index (κ1) is 23.1. The number of esters is 1. The molecule has 1 unspecified atom stereocenters. The Morgan fingerprint density at radius 3 is 2.20 bits per heavy atom. The number of hydrogen-bond acceptors (Lipinski definition) is 2. The molecular formula is C28H42O2. The molecule has 1 saturated carbocycles. The molecule has 0 N–H and O–H groups in total. The average molecular weight is 411 g/mol. The number of carbonyl (C=O) groups is 1. The van der Waals surface area contributed by atoms with E-state index >= 15 is 0 Å². The van der Waals surface area contributed by atoms with Crippen LogP contribution in [0.15, 0.2) is 30.3 Å². The van der Waals surface area contributed by atoms with Gasteiger partial charge in [-0.05, 0) is 80.1 Å². The maximum atomic E-state index is 12.6. The minimum atomic E-state index is -0.145. The lowest BCUT2D eigenvalue weighted by Gasteiger charge is -2.28. The number of allylic oxidation sites excluding steroid dienone is 2. The van der Waals surface area contributed by atoms with Crippen LogP contribution < -0.4 is 0 Å². The maximum Gasteiger partial charge on any atom is 0.338 e. The minimum Gasteiger partial charge on any atom is -0.459 e. The fraction of sp³-hybridized carbons (Fsp3) is 0.679. The predicted octanol–water partition coefficient (Wildman–Crippen LogP) is 8.36. The molecule has 166 valence electrons. The molecule has 0 saturated heterocycles. The minimum absolute atomic E-state index is 0.112. The Bertz CT molecular complexity index is 664. The van der Waals surface area contributed by atoms with Crippen LogP contribution in [0.1, 0.15) is 120 Å². The Hall–Kier alpha value is -1.57. The summed E-state index contributed by atoms with van der Waals surface area (Å²) in [6.45, 7) is 4.54. The van der Waals surface area contributed by atoms with E-state index in [9.17, 15) is 4.79 Å². The van der Waals surface area contributed by atoms with Crippen LogP contribution in [-0.4, -0.2) is 12.1 Å². The zero-order valence-electron chi connectivity index (χ0n) is 19.3. The van der Waals surface area contributed by atoms with Crippen molar-refractivity contribution in [1.29, 1.82) is 0 Å². The van der Waals surface area contributed by atoms with Crippen molar-refractivity contribution in [3.8, 4) is 0 Å². The lowest BCUT2D eigenvalue weighted by Crippen LogP contribution is -2.24. The Labute approximate surface area is 184 Å². The van der Waals surface area contributed by atoms with Gasteiger partial charge < -0.3 is 4.74 Å². The second-order valence-electron chi connectivity index (χ2n) is 9.63. The summed E-state index contributed by atoms with van der Waals surface area (Å²) in [5.74, 6) is 1.56. The topological polar surface area (TPSA) is 26.3 Å². The molecule has 0 radical (unpaired) electrons. The van der Waals surface area contributed by atoms with Crippen molar-refractivity contribution in [2.24, 2.45) is 11.8 Å². The lowest BCUT2D eigenvalue weighted by atomic mass is 9.84. The highest BCUT2D eigenvalue weighted by Gasteiger charge is 2.24. The number of carbonyl (C=O) groups excluding carboxylic acids is 1. The summed E-state index contributed by atoms with van der Waals surface area (Å²) in [5.41, 5.74) is 3.41. The van der Waals surface area contributed by atoms with E-state index in [1.54, 1.807) is 0 Å². The van der Waals surface area contributed by atoms with Crippen LogP contribution in [0.2, 0.25) is 0 Å². The molecule has 1 aromatic carbocycles. The summed E-state index contributed by atoms with van der Waals surface area (Å²) in [7, 11) is 0. The van der Waals surface area contributed by atoms with Gasteiger partial charge in [0.2, 0.25) is 0 Å². The molecule has 0 heterocycles. The number of benzene rings is 1. The third-order valence-corrected chi connectivity index (χ3v) is 7.26. The Kier molecular flexibility index (Phi) is 9.49. The van der Waals surface area contributed by atoms with E-state index in [0.29, 0.717) is 5.56 Å². The monoisotopic (exact) mass is 410 g/mol. The summed E-state index contributed by atoms with van der Waals surface area (Å²) >= 11 is 0. The van der Waals surface area contributed by atoms with Crippen molar-refractivity contribution in [3.63, 3.8) is 0 Å². The molecule has 30 heavy (non-hydrogen) atoms. The van der Waals surface area contributed by atoms with Gasteiger partial charge in [0.05, 0.1) is 5.56 Å². The van der Waals surface area contributed by atoms with Gasteiger partial charge in [0.1, 0.15) is 6.10 Å². The van der Waals surface area contributed by atoms with E-state index in [2.05, 4.69) is 32.1 Å². The Morgan fingerprint density at radius 2 is 1.57 bits per heavy atom. The van der Waals surface area contributed by atoms with Gasteiger partial charge in [-0.25, -0.2) is 4.79 Å². The summed E-state index contributed by atoms with van der Waals surface area (Å²) in [6.07, 6.45) is 20.1. The van der Waals surface area contributed by atoms with Gasteiger partial charge in [0.15, 0.2) is 0 Å². The summed E-state index contributed by atoms with van der Waals surface area (Å²) in [6, 6.07) is 8.13. The highest BCUT2D eigenvalue weighted by Crippen LogP contribution is 2.33. The van der Waals surface area contributed by atoms with Crippen molar-refractivity contribution < 1.29 is 9.53 Å². The summed E-state index contributed by atoms with van der Waals surface area (Å²) in [4.78, 5) is 12.6. The first-order valence-electron chi connectivity index (χ1n) is 12.7.